The second-order valence-corrected chi connectivity index (χ2v) is 7.82. The van der Waals surface area contributed by atoms with Gasteiger partial charge in [0.15, 0.2) is 0 Å². The Kier molecular flexibility index (Phi) is 5.02. The van der Waals surface area contributed by atoms with Crippen molar-refractivity contribution in [3.05, 3.63) is 120 Å². The van der Waals surface area contributed by atoms with Crippen LogP contribution in [0.3, 0.4) is 0 Å². The highest BCUT2D eigenvalue weighted by Gasteiger charge is 2.56. The van der Waals surface area contributed by atoms with Crippen LogP contribution in [-0.4, -0.2) is 21.1 Å². The third kappa shape index (κ3) is 3.58. The second kappa shape index (κ2) is 7.90. The van der Waals surface area contributed by atoms with Gasteiger partial charge in [0.25, 0.3) is 0 Å². The zero-order valence-corrected chi connectivity index (χ0v) is 17.4. The first-order valence-electron chi connectivity index (χ1n) is 10.4. The molecule has 5 aromatic rings. The van der Waals surface area contributed by atoms with Crippen molar-refractivity contribution in [3.63, 3.8) is 0 Å². The molecule has 5 rings (SSSR count). The van der Waals surface area contributed by atoms with E-state index >= 15 is 0 Å². The third-order valence-electron chi connectivity index (χ3n) is 5.78. The maximum atomic E-state index is 14.4. The summed E-state index contributed by atoms with van der Waals surface area (Å²) in [5, 5.41) is 16.0. The highest BCUT2D eigenvalue weighted by Crippen LogP contribution is 2.45. The first-order valence-corrected chi connectivity index (χ1v) is 10.4. The van der Waals surface area contributed by atoms with E-state index in [1.807, 2.05) is 60.7 Å². The molecular formula is C27H19F3N2O. The molecule has 0 fully saturated rings. The lowest BCUT2D eigenvalue weighted by atomic mass is 9.84. The molecule has 0 radical (unpaired) electrons. The number of para-hydroxylation sites is 1. The average molecular weight is 444 g/mol. The third-order valence-corrected chi connectivity index (χ3v) is 5.78. The molecule has 33 heavy (non-hydrogen) atoms. The highest BCUT2D eigenvalue weighted by molar-refractivity contribution is 5.81. The van der Waals surface area contributed by atoms with Crippen LogP contribution in [0.2, 0.25) is 0 Å². The van der Waals surface area contributed by atoms with Gasteiger partial charge in [0.1, 0.15) is 0 Å². The predicted molar refractivity (Wildman–Crippen MR) is 122 cm³/mol. The number of aliphatic hydroxyl groups is 1. The van der Waals surface area contributed by atoms with Crippen molar-refractivity contribution >= 4 is 10.9 Å². The van der Waals surface area contributed by atoms with Gasteiger partial charge in [-0.25, -0.2) is 4.68 Å². The van der Waals surface area contributed by atoms with E-state index in [1.54, 1.807) is 16.8 Å². The van der Waals surface area contributed by atoms with Gasteiger partial charge < -0.3 is 5.11 Å². The fourth-order valence-electron chi connectivity index (χ4n) is 4.08. The largest absolute Gasteiger partial charge is 0.425 e. The van der Waals surface area contributed by atoms with E-state index in [4.69, 9.17) is 0 Å². The first-order chi connectivity index (χ1) is 15.9. The van der Waals surface area contributed by atoms with Crippen molar-refractivity contribution in [1.29, 1.82) is 0 Å². The SMILES string of the molecule is OC(c1cccc(-c2ccccc2)c1)(c1ccc2c(cnn2-c2ccccc2)c1)C(F)(F)F. The zero-order valence-electron chi connectivity index (χ0n) is 17.4. The number of alkyl halides is 3. The molecule has 0 amide bonds. The molecule has 6 heteroatoms. The van der Waals surface area contributed by atoms with E-state index < -0.39 is 11.8 Å². The van der Waals surface area contributed by atoms with Crippen LogP contribution in [0.1, 0.15) is 11.1 Å². The van der Waals surface area contributed by atoms with Crippen LogP contribution in [-0.2, 0) is 5.60 Å². The average Bonchev–Trinajstić information content (AvgIpc) is 3.27. The lowest BCUT2D eigenvalue weighted by Gasteiger charge is -2.32. The Morgan fingerprint density at radius 3 is 2.00 bits per heavy atom. The van der Waals surface area contributed by atoms with Gasteiger partial charge in [-0.1, -0.05) is 72.8 Å². The molecule has 3 nitrogen and oxygen atoms in total. The molecule has 4 aromatic carbocycles. The van der Waals surface area contributed by atoms with Crippen LogP contribution < -0.4 is 0 Å². The smallest absolute Gasteiger partial charge is 0.372 e. The second-order valence-electron chi connectivity index (χ2n) is 7.82. The first kappa shape index (κ1) is 21.0. The Bertz CT molecular complexity index is 1410. The van der Waals surface area contributed by atoms with Gasteiger partial charge in [0, 0.05) is 5.39 Å². The molecule has 0 spiro atoms. The standard InChI is InChI=1S/C27H19F3N2O/c28-27(29,30)26(33,22-11-7-10-20(16-22)19-8-3-1-4-9-19)23-14-15-25-21(17-23)18-31-32(25)24-12-5-2-6-13-24/h1-18,33H. The summed E-state index contributed by atoms with van der Waals surface area (Å²) in [6.45, 7) is 0. The maximum Gasteiger partial charge on any atom is 0.425 e. The van der Waals surface area contributed by atoms with E-state index in [0.29, 0.717) is 16.5 Å². The normalized spacial score (nSPS) is 13.7. The Balaban J connectivity index is 1.64. The van der Waals surface area contributed by atoms with E-state index in [0.717, 1.165) is 11.3 Å². The summed E-state index contributed by atoms with van der Waals surface area (Å²) in [4.78, 5) is 0. The topological polar surface area (TPSA) is 38.1 Å². The van der Waals surface area contributed by atoms with Gasteiger partial charge in [0.2, 0.25) is 5.60 Å². The van der Waals surface area contributed by atoms with Crippen molar-refractivity contribution in [3.8, 4) is 16.8 Å². The minimum atomic E-state index is -4.94. The minimum absolute atomic E-state index is 0.244. The number of nitrogens with zero attached hydrogens (tertiary/aromatic N) is 2. The van der Waals surface area contributed by atoms with Crippen molar-refractivity contribution in [2.75, 3.05) is 0 Å². The molecule has 0 bridgehead atoms. The number of hydrogen-bond acceptors (Lipinski definition) is 2. The minimum Gasteiger partial charge on any atom is -0.372 e. The van der Waals surface area contributed by atoms with Crippen LogP contribution in [0.15, 0.2) is 109 Å². The number of halogens is 3. The monoisotopic (exact) mass is 444 g/mol. The summed E-state index contributed by atoms with van der Waals surface area (Å²) >= 11 is 0. The number of benzene rings is 4. The zero-order chi connectivity index (χ0) is 23.1. The maximum absolute atomic E-state index is 14.4. The van der Waals surface area contributed by atoms with Crippen molar-refractivity contribution in [1.82, 2.24) is 9.78 Å². The van der Waals surface area contributed by atoms with E-state index in [-0.39, 0.29) is 11.1 Å². The molecule has 1 unspecified atom stereocenters. The molecule has 1 N–H and O–H groups in total. The van der Waals surface area contributed by atoms with Crippen LogP contribution in [0.25, 0.3) is 27.7 Å². The summed E-state index contributed by atoms with van der Waals surface area (Å²) in [5.41, 5.74) is -0.890. The Morgan fingerprint density at radius 2 is 1.30 bits per heavy atom. The van der Waals surface area contributed by atoms with Gasteiger partial charge in [0.05, 0.1) is 17.4 Å². The molecule has 0 saturated carbocycles. The summed E-state index contributed by atoms with van der Waals surface area (Å²) in [6.07, 6.45) is -3.44. The fraction of sp³-hybridized carbons (Fsp3) is 0.0741. The molecule has 0 aliphatic carbocycles. The molecule has 0 aliphatic heterocycles. The fourth-order valence-corrected chi connectivity index (χ4v) is 4.08. The van der Waals surface area contributed by atoms with Gasteiger partial charge >= 0.3 is 6.18 Å². The van der Waals surface area contributed by atoms with E-state index in [9.17, 15) is 18.3 Å². The van der Waals surface area contributed by atoms with Crippen LogP contribution >= 0.6 is 0 Å². The molecule has 164 valence electrons. The number of aromatic nitrogens is 2. The number of fused-ring (bicyclic) bond motifs is 1. The molecule has 0 aliphatic rings. The van der Waals surface area contributed by atoms with Crippen LogP contribution in [0.4, 0.5) is 13.2 Å². The lowest BCUT2D eigenvalue weighted by molar-refractivity contribution is -0.248. The molecule has 1 atom stereocenters. The van der Waals surface area contributed by atoms with Gasteiger partial charge in [-0.2, -0.15) is 18.3 Å². The highest BCUT2D eigenvalue weighted by atomic mass is 19.4. The molecule has 0 saturated heterocycles. The lowest BCUT2D eigenvalue weighted by Crippen LogP contribution is -2.43. The van der Waals surface area contributed by atoms with Gasteiger partial charge in [-0.05, 0) is 52.6 Å². The van der Waals surface area contributed by atoms with Crippen LogP contribution in [0.5, 0.6) is 0 Å². The molecular weight excluding hydrogens is 425 g/mol. The Labute approximate surface area is 188 Å². The quantitative estimate of drug-likeness (QED) is 0.344. The predicted octanol–water partition coefficient (Wildman–Crippen LogP) is 6.49. The summed E-state index contributed by atoms with van der Waals surface area (Å²) in [7, 11) is 0. The van der Waals surface area contributed by atoms with Gasteiger partial charge in [-0.3, -0.25) is 0 Å². The Hall–Kier alpha value is -3.90. The summed E-state index contributed by atoms with van der Waals surface area (Å²) in [5.74, 6) is 0. The van der Waals surface area contributed by atoms with Crippen LogP contribution in [0, 0.1) is 0 Å². The summed E-state index contributed by atoms with van der Waals surface area (Å²) in [6, 6.07) is 28.6. The van der Waals surface area contributed by atoms with E-state index in [2.05, 4.69) is 5.10 Å². The number of hydrogen-bond donors (Lipinski definition) is 1. The van der Waals surface area contributed by atoms with Crippen molar-refractivity contribution in [2.24, 2.45) is 0 Å². The van der Waals surface area contributed by atoms with E-state index in [1.165, 1.54) is 36.5 Å². The van der Waals surface area contributed by atoms with Crippen molar-refractivity contribution < 1.29 is 18.3 Å². The molecule has 1 heterocycles. The molecule has 1 aromatic heterocycles. The Morgan fingerprint density at radius 1 is 0.667 bits per heavy atom. The summed E-state index contributed by atoms with van der Waals surface area (Å²) < 4.78 is 44.9. The van der Waals surface area contributed by atoms with Crippen molar-refractivity contribution in [2.45, 2.75) is 11.8 Å². The van der Waals surface area contributed by atoms with Gasteiger partial charge in [-0.15, -0.1) is 0 Å². The number of rotatable bonds is 4.